The van der Waals surface area contributed by atoms with Gasteiger partial charge in [0.05, 0.1) is 0 Å². The van der Waals surface area contributed by atoms with E-state index in [-0.39, 0.29) is 16.7 Å². The maximum atomic E-state index is 10.5. The fraction of sp³-hybridized carbons (Fsp3) is 0. The van der Waals surface area contributed by atoms with Crippen LogP contribution in [0.2, 0.25) is 0 Å². The molecule has 0 aliphatic heterocycles. The minimum Gasteiger partial charge on any atom is -0.504 e. The van der Waals surface area contributed by atoms with Crippen LogP contribution in [0.25, 0.3) is 11.1 Å². The number of hydrogen-bond acceptors (Lipinski definition) is 5. The van der Waals surface area contributed by atoms with Crippen molar-refractivity contribution in [1.29, 1.82) is 0 Å². The van der Waals surface area contributed by atoms with Gasteiger partial charge in [0.15, 0.2) is 18.4 Å². The maximum absolute atomic E-state index is 10.5. The second-order valence-electron chi connectivity index (χ2n) is 2.48. The number of rotatable bonds is 1. The standard InChI is InChI=1S/C8H5NO4/c10-2-4-1-5(11)7(12)8-6(4)9-3-13-8/h1-3,11-12H. The smallest absolute Gasteiger partial charge is 0.203 e. The number of aldehydes is 1. The van der Waals surface area contributed by atoms with E-state index in [1.165, 1.54) is 0 Å². The first-order chi connectivity index (χ1) is 6.24. The predicted octanol–water partition coefficient (Wildman–Crippen LogP) is 1.05. The summed E-state index contributed by atoms with van der Waals surface area (Å²) >= 11 is 0. The van der Waals surface area contributed by atoms with E-state index in [0.29, 0.717) is 6.29 Å². The Bertz CT molecular complexity index is 474. The van der Waals surface area contributed by atoms with Crippen molar-refractivity contribution in [1.82, 2.24) is 4.98 Å². The monoisotopic (exact) mass is 179 g/mol. The van der Waals surface area contributed by atoms with Gasteiger partial charge in [-0.2, -0.15) is 0 Å². The van der Waals surface area contributed by atoms with Gasteiger partial charge in [-0.15, -0.1) is 0 Å². The van der Waals surface area contributed by atoms with Crippen LogP contribution >= 0.6 is 0 Å². The Morgan fingerprint density at radius 2 is 2.23 bits per heavy atom. The van der Waals surface area contributed by atoms with Crippen molar-refractivity contribution >= 4 is 17.4 Å². The molecule has 0 spiro atoms. The Kier molecular flexibility index (Phi) is 1.45. The number of benzene rings is 1. The number of hydrogen-bond donors (Lipinski definition) is 2. The van der Waals surface area contributed by atoms with Crippen molar-refractivity contribution in [3.63, 3.8) is 0 Å². The van der Waals surface area contributed by atoms with E-state index in [2.05, 4.69) is 4.98 Å². The lowest BCUT2D eigenvalue weighted by atomic mass is 10.2. The molecular weight excluding hydrogens is 174 g/mol. The molecule has 0 bridgehead atoms. The lowest BCUT2D eigenvalue weighted by Crippen LogP contribution is -1.83. The van der Waals surface area contributed by atoms with Gasteiger partial charge in [0.2, 0.25) is 11.3 Å². The Morgan fingerprint density at radius 1 is 1.46 bits per heavy atom. The third kappa shape index (κ3) is 0.936. The van der Waals surface area contributed by atoms with Crippen molar-refractivity contribution in [2.24, 2.45) is 0 Å². The number of carbonyl (C=O) groups is 1. The first-order valence-electron chi connectivity index (χ1n) is 3.47. The molecule has 0 saturated heterocycles. The summed E-state index contributed by atoms with van der Waals surface area (Å²) < 4.78 is 4.79. The summed E-state index contributed by atoms with van der Waals surface area (Å²) in [6.07, 6.45) is 1.63. The Hall–Kier alpha value is -2.04. The number of phenols is 2. The molecular formula is C8H5NO4. The van der Waals surface area contributed by atoms with Gasteiger partial charge in [0.25, 0.3) is 0 Å². The van der Waals surface area contributed by atoms with Crippen LogP contribution in [-0.2, 0) is 0 Å². The lowest BCUT2D eigenvalue weighted by molar-refractivity contribution is 0.112. The summed E-state index contributed by atoms with van der Waals surface area (Å²) in [6, 6.07) is 1.13. The van der Waals surface area contributed by atoms with Gasteiger partial charge in [-0.05, 0) is 6.07 Å². The van der Waals surface area contributed by atoms with Crippen molar-refractivity contribution < 1.29 is 19.4 Å². The molecule has 2 N–H and O–H groups in total. The van der Waals surface area contributed by atoms with Crippen molar-refractivity contribution in [2.45, 2.75) is 0 Å². The minimum absolute atomic E-state index is 0.0158. The number of fused-ring (bicyclic) bond motifs is 1. The molecule has 0 fully saturated rings. The summed E-state index contributed by atoms with van der Waals surface area (Å²) in [4.78, 5) is 14.2. The molecule has 2 rings (SSSR count). The minimum atomic E-state index is -0.405. The van der Waals surface area contributed by atoms with E-state index in [1.54, 1.807) is 0 Å². The molecule has 0 aliphatic rings. The molecule has 1 aromatic heterocycles. The van der Waals surface area contributed by atoms with E-state index in [0.717, 1.165) is 12.5 Å². The second-order valence-corrected chi connectivity index (χ2v) is 2.48. The molecule has 5 nitrogen and oxygen atoms in total. The summed E-state index contributed by atoms with van der Waals surface area (Å²) in [6.45, 7) is 0. The topological polar surface area (TPSA) is 83.6 Å². The van der Waals surface area contributed by atoms with Crippen LogP contribution in [-0.4, -0.2) is 21.5 Å². The zero-order valence-electron chi connectivity index (χ0n) is 6.39. The molecule has 0 saturated carbocycles. The summed E-state index contributed by atoms with van der Waals surface area (Å²) in [5.74, 6) is -0.801. The third-order valence-corrected chi connectivity index (χ3v) is 1.72. The van der Waals surface area contributed by atoms with Gasteiger partial charge in [-0.25, -0.2) is 4.98 Å². The summed E-state index contributed by atoms with van der Waals surface area (Å²) in [5, 5.41) is 18.4. The Morgan fingerprint density at radius 3 is 2.92 bits per heavy atom. The average Bonchev–Trinajstić information content (AvgIpc) is 2.60. The van der Waals surface area contributed by atoms with E-state index >= 15 is 0 Å². The Labute approximate surface area is 72.2 Å². The highest BCUT2D eigenvalue weighted by Gasteiger charge is 2.13. The van der Waals surface area contributed by atoms with Crippen LogP contribution < -0.4 is 0 Å². The molecule has 0 aliphatic carbocycles. The molecule has 5 heteroatoms. The first-order valence-corrected chi connectivity index (χ1v) is 3.47. The SMILES string of the molecule is O=Cc1cc(O)c(O)c2ocnc12. The van der Waals surface area contributed by atoms with Gasteiger partial charge < -0.3 is 14.6 Å². The van der Waals surface area contributed by atoms with Gasteiger partial charge in [0, 0.05) is 5.56 Å². The highest BCUT2D eigenvalue weighted by molar-refractivity contribution is 5.97. The molecule has 0 unspecified atom stereocenters. The van der Waals surface area contributed by atoms with Crippen molar-refractivity contribution in [2.75, 3.05) is 0 Å². The number of carbonyl (C=O) groups excluding carboxylic acids is 1. The van der Waals surface area contributed by atoms with Gasteiger partial charge in [-0.3, -0.25) is 4.79 Å². The van der Waals surface area contributed by atoms with Crippen LogP contribution in [0.5, 0.6) is 11.5 Å². The number of nitrogens with zero attached hydrogens (tertiary/aromatic N) is 1. The maximum Gasteiger partial charge on any atom is 0.203 e. The average molecular weight is 179 g/mol. The van der Waals surface area contributed by atoms with Gasteiger partial charge >= 0.3 is 0 Å². The van der Waals surface area contributed by atoms with E-state index in [4.69, 9.17) is 9.52 Å². The largest absolute Gasteiger partial charge is 0.504 e. The second kappa shape index (κ2) is 2.48. The molecule has 1 aromatic carbocycles. The van der Waals surface area contributed by atoms with E-state index in [1.807, 2.05) is 0 Å². The molecule has 66 valence electrons. The van der Waals surface area contributed by atoms with Crippen LogP contribution in [0.1, 0.15) is 10.4 Å². The fourth-order valence-electron chi connectivity index (χ4n) is 1.11. The van der Waals surface area contributed by atoms with Crippen LogP contribution in [0, 0.1) is 0 Å². The van der Waals surface area contributed by atoms with Crippen molar-refractivity contribution in [3.05, 3.63) is 18.0 Å². The van der Waals surface area contributed by atoms with Crippen LogP contribution in [0.3, 0.4) is 0 Å². The number of oxazole rings is 1. The fourth-order valence-corrected chi connectivity index (χ4v) is 1.11. The highest BCUT2D eigenvalue weighted by Crippen LogP contribution is 2.34. The molecule has 0 radical (unpaired) electrons. The lowest BCUT2D eigenvalue weighted by Gasteiger charge is -1.98. The quantitative estimate of drug-likeness (QED) is 0.505. The molecule has 1 heterocycles. The zero-order valence-corrected chi connectivity index (χ0v) is 6.39. The zero-order chi connectivity index (χ0) is 9.42. The molecule has 13 heavy (non-hydrogen) atoms. The Balaban J connectivity index is 2.95. The normalized spacial score (nSPS) is 10.5. The van der Waals surface area contributed by atoms with Gasteiger partial charge in [0.1, 0.15) is 5.52 Å². The molecule has 2 aromatic rings. The number of aromatic hydroxyl groups is 2. The summed E-state index contributed by atoms with van der Waals surface area (Å²) in [5.41, 5.74) is 0.437. The number of aromatic nitrogens is 1. The predicted molar refractivity (Wildman–Crippen MR) is 42.7 cm³/mol. The molecule has 0 amide bonds. The first kappa shape index (κ1) is 7.60. The highest BCUT2D eigenvalue weighted by atomic mass is 16.4. The third-order valence-electron chi connectivity index (χ3n) is 1.72. The van der Waals surface area contributed by atoms with Gasteiger partial charge in [-0.1, -0.05) is 0 Å². The number of phenolic OH excluding ortho intramolecular Hbond substituents is 2. The van der Waals surface area contributed by atoms with E-state index < -0.39 is 11.5 Å². The van der Waals surface area contributed by atoms with Crippen LogP contribution in [0.15, 0.2) is 16.9 Å². The molecule has 0 atom stereocenters. The van der Waals surface area contributed by atoms with Crippen LogP contribution in [0.4, 0.5) is 0 Å². The van der Waals surface area contributed by atoms with Crippen molar-refractivity contribution in [3.8, 4) is 11.5 Å². The summed E-state index contributed by atoms with van der Waals surface area (Å²) in [7, 11) is 0. The van der Waals surface area contributed by atoms with E-state index in [9.17, 15) is 9.90 Å².